The van der Waals surface area contributed by atoms with Gasteiger partial charge in [-0.3, -0.25) is 0 Å². The van der Waals surface area contributed by atoms with Crippen LogP contribution in [0.2, 0.25) is 0 Å². The van der Waals surface area contributed by atoms with Crippen LogP contribution in [-0.4, -0.2) is 29.3 Å². The fourth-order valence-corrected chi connectivity index (χ4v) is 1.44. The molecule has 0 N–H and O–H groups in total. The first-order valence-electron chi connectivity index (χ1n) is 4.60. The van der Waals surface area contributed by atoms with E-state index in [-0.39, 0.29) is 0 Å². The predicted octanol–water partition coefficient (Wildman–Crippen LogP) is 2.11. The Balaban J connectivity index is 0. The minimum atomic E-state index is -1.40. The summed E-state index contributed by atoms with van der Waals surface area (Å²) in [6.07, 6.45) is 0. The topological polar surface area (TPSA) is 27.7 Å². The predicted molar refractivity (Wildman–Crippen MR) is 52.0 cm³/mol. The van der Waals surface area contributed by atoms with E-state index in [1.165, 1.54) is 0 Å². The summed E-state index contributed by atoms with van der Waals surface area (Å²) in [5.41, 5.74) is 0. The summed E-state index contributed by atoms with van der Waals surface area (Å²) < 4.78 is 15.5. The van der Waals surface area contributed by atoms with Gasteiger partial charge in [0.1, 0.15) is 0 Å². The molecule has 0 atom stereocenters. The number of hydrogen-bond acceptors (Lipinski definition) is 3. The average molecular weight is 193 g/mol. The van der Waals surface area contributed by atoms with E-state index in [4.69, 9.17) is 13.3 Å². The van der Waals surface area contributed by atoms with E-state index >= 15 is 0 Å². The monoisotopic (exact) mass is 193 g/mol. The third-order valence-electron chi connectivity index (χ3n) is 0.787. The quantitative estimate of drug-likeness (QED) is 0.605. The highest BCUT2D eigenvalue weighted by Gasteiger charge is 2.15. The first-order valence-corrected chi connectivity index (χ1v) is 5.82. The molecule has 0 saturated heterocycles. The maximum Gasteiger partial charge on any atom is 0.577 e. The fourth-order valence-electron chi connectivity index (χ4n) is 0.479. The first-order chi connectivity index (χ1) is 5.85. The summed E-state index contributed by atoms with van der Waals surface area (Å²) in [6.45, 7) is 11.8. The molecule has 12 heavy (non-hydrogen) atoms. The van der Waals surface area contributed by atoms with Crippen molar-refractivity contribution in [3.63, 3.8) is 0 Å². The van der Waals surface area contributed by atoms with Crippen molar-refractivity contribution < 1.29 is 13.3 Å². The van der Waals surface area contributed by atoms with Crippen molar-refractivity contribution in [1.82, 2.24) is 0 Å². The van der Waals surface area contributed by atoms with Crippen LogP contribution in [0.5, 0.6) is 0 Å². The average Bonchev–Trinajstić information content (AvgIpc) is 2.10. The van der Waals surface area contributed by atoms with Gasteiger partial charge >= 0.3 is 9.53 Å². The van der Waals surface area contributed by atoms with Gasteiger partial charge in [0.2, 0.25) is 0 Å². The second kappa shape index (κ2) is 13.7. The maximum atomic E-state index is 5.18. The van der Waals surface area contributed by atoms with Crippen molar-refractivity contribution >= 4 is 9.53 Å². The Bertz CT molecular complexity index is 57.1. The van der Waals surface area contributed by atoms with Crippen LogP contribution in [-0.2, 0) is 13.3 Å². The Morgan fingerprint density at radius 1 is 0.750 bits per heavy atom. The zero-order valence-corrected chi connectivity index (χ0v) is 9.85. The standard InChI is InChI=1S/C6H15O3Si.C2H6/c1-4-7-10(8-5-2)9-6-3;1-2/h4-6H2,1-3H3;1-2H3. The Kier molecular flexibility index (Phi) is 16.6. The van der Waals surface area contributed by atoms with Gasteiger partial charge in [0.15, 0.2) is 0 Å². The third-order valence-corrected chi connectivity index (χ3v) is 2.36. The zero-order valence-electron chi connectivity index (χ0n) is 8.85. The second-order valence-electron chi connectivity index (χ2n) is 1.55. The molecule has 0 unspecified atom stereocenters. The van der Waals surface area contributed by atoms with Crippen molar-refractivity contribution in [3.8, 4) is 0 Å². The molecule has 0 aromatic rings. The second-order valence-corrected chi connectivity index (χ2v) is 2.92. The highest BCUT2D eigenvalue weighted by atomic mass is 28.3. The van der Waals surface area contributed by atoms with Gasteiger partial charge in [-0.1, -0.05) is 13.8 Å². The van der Waals surface area contributed by atoms with Crippen LogP contribution < -0.4 is 0 Å². The largest absolute Gasteiger partial charge is 0.577 e. The molecular formula is C8H21O3Si. The minimum absolute atomic E-state index is 0.661. The first kappa shape index (κ1) is 14.6. The van der Waals surface area contributed by atoms with Gasteiger partial charge < -0.3 is 13.3 Å². The maximum absolute atomic E-state index is 5.18. The molecule has 0 amide bonds. The number of rotatable bonds is 6. The molecule has 75 valence electrons. The molecule has 3 nitrogen and oxygen atoms in total. The molecule has 0 bridgehead atoms. The van der Waals surface area contributed by atoms with Crippen LogP contribution in [0.25, 0.3) is 0 Å². The van der Waals surface area contributed by atoms with Gasteiger partial charge in [0.05, 0.1) is 0 Å². The Morgan fingerprint density at radius 2 is 1.00 bits per heavy atom. The summed E-state index contributed by atoms with van der Waals surface area (Å²) in [5, 5.41) is 0. The summed E-state index contributed by atoms with van der Waals surface area (Å²) in [6, 6.07) is 0. The third kappa shape index (κ3) is 10.1. The molecule has 0 aromatic carbocycles. The van der Waals surface area contributed by atoms with Gasteiger partial charge in [-0.05, 0) is 20.8 Å². The molecule has 0 spiro atoms. The van der Waals surface area contributed by atoms with E-state index in [0.29, 0.717) is 19.8 Å². The Morgan fingerprint density at radius 3 is 1.17 bits per heavy atom. The lowest BCUT2D eigenvalue weighted by molar-refractivity contribution is 0.107. The van der Waals surface area contributed by atoms with E-state index in [1.807, 2.05) is 34.6 Å². The molecule has 0 aliphatic heterocycles. The zero-order chi connectivity index (χ0) is 9.82. The summed E-state index contributed by atoms with van der Waals surface area (Å²) in [4.78, 5) is 0. The van der Waals surface area contributed by atoms with Gasteiger partial charge in [0, 0.05) is 19.8 Å². The van der Waals surface area contributed by atoms with E-state index in [2.05, 4.69) is 0 Å². The van der Waals surface area contributed by atoms with Crippen molar-refractivity contribution in [2.75, 3.05) is 19.8 Å². The van der Waals surface area contributed by atoms with Gasteiger partial charge in [-0.2, -0.15) is 0 Å². The van der Waals surface area contributed by atoms with Crippen LogP contribution in [0.4, 0.5) is 0 Å². The van der Waals surface area contributed by atoms with Gasteiger partial charge in [-0.15, -0.1) is 0 Å². The Hall–Kier alpha value is 0.0969. The SMILES string of the molecule is CC.CCO[Si](OCC)OCC. The highest BCUT2D eigenvalue weighted by Crippen LogP contribution is 1.90. The van der Waals surface area contributed by atoms with E-state index in [9.17, 15) is 0 Å². The van der Waals surface area contributed by atoms with Crippen LogP contribution >= 0.6 is 0 Å². The van der Waals surface area contributed by atoms with Crippen LogP contribution in [0, 0.1) is 0 Å². The summed E-state index contributed by atoms with van der Waals surface area (Å²) >= 11 is 0. The normalized spacial score (nSPS) is 9.50. The lowest BCUT2D eigenvalue weighted by Gasteiger charge is -2.10. The molecule has 0 saturated carbocycles. The summed E-state index contributed by atoms with van der Waals surface area (Å²) in [7, 11) is -1.40. The van der Waals surface area contributed by atoms with Crippen molar-refractivity contribution in [1.29, 1.82) is 0 Å². The fraction of sp³-hybridized carbons (Fsp3) is 1.00. The lowest BCUT2D eigenvalue weighted by atomic mass is 10.9. The van der Waals surface area contributed by atoms with Crippen LogP contribution in [0.3, 0.4) is 0 Å². The molecule has 0 aromatic heterocycles. The molecular weight excluding hydrogens is 172 g/mol. The van der Waals surface area contributed by atoms with Crippen molar-refractivity contribution in [2.45, 2.75) is 34.6 Å². The van der Waals surface area contributed by atoms with Crippen molar-refractivity contribution in [3.05, 3.63) is 0 Å². The van der Waals surface area contributed by atoms with E-state index in [0.717, 1.165) is 0 Å². The summed E-state index contributed by atoms with van der Waals surface area (Å²) in [5.74, 6) is 0. The minimum Gasteiger partial charge on any atom is -0.371 e. The molecule has 1 radical (unpaired) electrons. The number of hydrogen-bond donors (Lipinski definition) is 0. The molecule has 0 aliphatic rings. The highest BCUT2D eigenvalue weighted by molar-refractivity contribution is 6.36. The van der Waals surface area contributed by atoms with E-state index in [1.54, 1.807) is 0 Å². The Labute approximate surface area is 78.0 Å². The molecule has 0 heterocycles. The molecule has 0 rings (SSSR count). The molecule has 0 fully saturated rings. The molecule has 0 aliphatic carbocycles. The van der Waals surface area contributed by atoms with Crippen LogP contribution in [0.1, 0.15) is 34.6 Å². The molecule has 4 heteroatoms. The van der Waals surface area contributed by atoms with Crippen LogP contribution in [0.15, 0.2) is 0 Å². The smallest absolute Gasteiger partial charge is 0.371 e. The van der Waals surface area contributed by atoms with E-state index < -0.39 is 9.53 Å². The van der Waals surface area contributed by atoms with Gasteiger partial charge in [-0.25, -0.2) is 0 Å². The van der Waals surface area contributed by atoms with Gasteiger partial charge in [0.25, 0.3) is 0 Å². The van der Waals surface area contributed by atoms with Crippen molar-refractivity contribution in [2.24, 2.45) is 0 Å². The lowest BCUT2D eigenvalue weighted by Crippen LogP contribution is -2.27.